The van der Waals surface area contributed by atoms with Crippen LogP contribution in [-0.4, -0.2) is 36.7 Å². The lowest BCUT2D eigenvalue weighted by Crippen LogP contribution is -2.42. The van der Waals surface area contributed by atoms with Gasteiger partial charge in [0.05, 0.1) is 12.3 Å². The van der Waals surface area contributed by atoms with Crippen molar-refractivity contribution in [3.05, 3.63) is 24.2 Å². The Morgan fingerprint density at radius 2 is 2.61 bits per heavy atom. The van der Waals surface area contributed by atoms with Crippen LogP contribution in [-0.2, 0) is 16.1 Å². The molecule has 5 nitrogen and oxygen atoms in total. The molecule has 1 aliphatic heterocycles. The van der Waals surface area contributed by atoms with Gasteiger partial charge in [-0.25, -0.2) is 0 Å². The van der Waals surface area contributed by atoms with Crippen LogP contribution in [0.5, 0.6) is 0 Å². The van der Waals surface area contributed by atoms with Gasteiger partial charge in [0.25, 0.3) is 0 Å². The summed E-state index contributed by atoms with van der Waals surface area (Å²) in [4.78, 5) is 11.6. The minimum absolute atomic E-state index is 0.0287. The van der Waals surface area contributed by atoms with Crippen molar-refractivity contribution in [1.29, 1.82) is 0 Å². The van der Waals surface area contributed by atoms with Gasteiger partial charge in [-0.3, -0.25) is 10.1 Å². The van der Waals surface area contributed by atoms with E-state index in [1.165, 1.54) is 0 Å². The largest absolute Gasteiger partial charge is 0.467 e. The van der Waals surface area contributed by atoms with Crippen molar-refractivity contribution in [2.24, 2.45) is 0 Å². The molecule has 1 amide bonds. The molecule has 0 radical (unpaired) electrons. The van der Waals surface area contributed by atoms with Crippen molar-refractivity contribution in [3.8, 4) is 0 Å². The van der Waals surface area contributed by atoms with Gasteiger partial charge in [0, 0.05) is 24.8 Å². The number of hydrogen-bond acceptors (Lipinski definition) is 5. The van der Waals surface area contributed by atoms with E-state index in [1.54, 1.807) is 18.0 Å². The van der Waals surface area contributed by atoms with Crippen LogP contribution in [0, 0.1) is 0 Å². The first kappa shape index (κ1) is 13.5. The van der Waals surface area contributed by atoms with Crippen LogP contribution < -0.4 is 10.6 Å². The van der Waals surface area contributed by atoms with Gasteiger partial charge in [0.1, 0.15) is 12.4 Å². The van der Waals surface area contributed by atoms with Crippen molar-refractivity contribution in [2.45, 2.75) is 19.1 Å². The lowest BCUT2D eigenvalue weighted by atomic mass is 10.3. The van der Waals surface area contributed by atoms with Crippen LogP contribution in [0.4, 0.5) is 0 Å². The Balaban J connectivity index is 1.47. The van der Waals surface area contributed by atoms with Gasteiger partial charge in [-0.05, 0) is 18.6 Å². The zero-order valence-electron chi connectivity index (χ0n) is 10.2. The van der Waals surface area contributed by atoms with E-state index in [0.717, 1.165) is 23.8 Å². The van der Waals surface area contributed by atoms with Crippen LogP contribution in [0.3, 0.4) is 0 Å². The Morgan fingerprint density at radius 3 is 3.33 bits per heavy atom. The van der Waals surface area contributed by atoms with Gasteiger partial charge < -0.3 is 14.5 Å². The molecule has 2 N–H and O–H groups in total. The fraction of sp³-hybridized carbons (Fsp3) is 0.583. The van der Waals surface area contributed by atoms with Gasteiger partial charge in [-0.2, -0.15) is 0 Å². The molecule has 0 saturated carbocycles. The highest BCUT2D eigenvalue weighted by atomic mass is 32.2. The highest BCUT2D eigenvalue weighted by Gasteiger charge is 2.21. The van der Waals surface area contributed by atoms with Gasteiger partial charge in [-0.1, -0.05) is 0 Å². The number of nitrogens with one attached hydrogen (secondary N) is 2. The Kier molecular flexibility index (Phi) is 5.57. The van der Waals surface area contributed by atoms with Crippen LogP contribution >= 0.6 is 11.8 Å². The molecule has 1 unspecified atom stereocenters. The molecule has 1 aromatic heterocycles. The normalized spacial score (nSPS) is 19.0. The maximum atomic E-state index is 11.6. The molecular formula is C12H18N2O3S. The number of amides is 1. The third-order valence-corrected chi connectivity index (χ3v) is 3.56. The van der Waals surface area contributed by atoms with Gasteiger partial charge in [0.15, 0.2) is 0 Å². The molecule has 100 valence electrons. The molecule has 6 heteroatoms. The molecule has 1 aliphatic rings. The van der Waals surface area contributed by atoms with E-state index < -0.39 is 0 Å². The quantitative estimate of drug-likeness (QED) is 0.723. The average molecular weight is 270 g/mol. The van der Waals surface area contributed by atoms with Gasteiger partial charge in [0.2, 0.25) is 5.91 Å². The summed E-state index contributed by atoms with van der Waals surface area (Å²) in [6.07, 6.45) is 2.44. The molecule has 2 rings (SSSR count). The minimum atomic E-state index is -0.0287. The van der Waals surface area contributed by atoms with E-state index in [9.17, 15) is 4.79 Å². The molecule has 1 aromatic rings. The van der Waals surface area contributed by atoms with Crippen molar-refractivity contribution in [2.75, 3.05) is 24.8 Å². The summed E-state index contributed by atoms with van der Waals surface area (Å²) in [6.45, 7) is 1.76. The molecule has 1 saturated heterocycles. The molecule has 0 aliphatic carbocycles. The van der Waals surface area contributed by atoms with Crippen LogP contribution in [0.25, 0.3) is 0 Å². The van der Waals surface area contributed by atoms with E-state index in [-0.39, 0.29) is 11.9 Å². The summed E-state index contributed by atoms with van der Waals surface area (Å²) in [5, 5.41) is 6.03. The zero-order valence-corrected chi connectivity index (χ0v) is 11.0. The highest BCUT2D eigenvalue weighted by molar-refractivity contribution is 7.99. The fourth-order valence-electron chi connectivity index (χ4n) is 1.64. The second kappa shape index (κ2) is 7.45. The number of rotatable bonds is 7. The number of thioether (sulfide) groups is 1. The molecule has 18 heavy (non-hydrogen) atoms. The number of ether oxygens (including phenoxy) is 1. The summed E-state index contributed by atoms with van der Waals surface area (Å²) in [5.74, 6) is 2.64. The summed E-state index contributed by atoms with van der Waals surface area (Å²) in [6, 6.07) is 3.69. The van der Waals surface area contributed by atoms with Crippen LogP contribution in [0.15, 0.2) is 22.8 Å². The van der Waals surface area contributed by atoms with Gasteiger partial charge in [-0.15, -0.1) is 11.8 Å². The zero-order chi connectivity index (χ0) is 12.6. The van der Waals surface area contributed by atoms with Crippen molar-refractivity contribution in [1.82, 2.24) is 10.6 Å². The average Bonchev–Trinajstić information content (AvgIpc) is 3.05. The van der Waals surface area contributed by atoms with E-state index >= 15 is 0 Å². The molecular weight excluding hydrogens is 252 g/mol. The van der Waals surface area contributed by atoms with E-state index in [1.807, 2.05) is 12.1 Å². The van der Waals surface area contributed by atoms with Crippen molar-refractivity contribution in [3.63, 3.8) is 0 Å². The van der Waals surface area contributed by atoms with Crippen molar-refractivity contribution < 1.29 is 13.9 Å². The van der Waals surface area contributed by atoms with Crippen LogP contribution in [0.1, 0.15) is 12.2 Å². The molecule has 1 fully saturated rings. The first-order chi connectivity index (χ1) is 8.86. The fourth-order valence-corrected chi connectivity index (χ4v) is 2.58. The lowest BCUT2D eigenvalue weighted by molar-refractivity contribution is -0.122. The third kappa shape index (κ3) is 4.36. The Bertz CT molecular complexity index is 350. The molecule has 0 spiro atoms. The lowest BCUT2D eigenvalue weighted by Gasteiger charge is -2.10. The highest BCUT2D eigenvalue weighted by Crippen LogP contribution is 2.09. The molecule has 2 heterocycles. The first-order valence-corrected chi connectivity index (χ1v) is 7.20. The second-order valence-corrected chi connectivity index (χ2v) is 5.08. The summed E-state index contributed by atoms with van der Waals surface area (Å²) < 4.78 is 10.6. The van der Waals surface area contributed by atoms with E-state index in [4.69, 9.17) is 9.15 Å². The summed E-state index contributed by atoms with van der Waals surface area (Å²) in [7, 11) is 0. The Labute approximate surface area is 111 Å². The monoisotopic (exact) mass is 270 g/mol. The number of carbonyl (C=O) groups excluding carboxylic acids is 1. The smallest absolute Gasteiger partial charge is 0.238 e. The summed E-state index contributed by atoms with van der Waals surface area (Å²) in [5.41, 5.74) is 0. The Morgan fingerprint density at radius 1 is 1.67 bits per heavy atom. The number of furan rings is 1. The van der Waals surface area contributed by atoms with Gasteiger partial charge >= 0.3 is 0 Å². The minimum Gasteiger partial charge on any atom is -0.467 e. The predicted molar refractivity (Wildman–Crippen MR) is 70.2 cm³/mol. The Hall–Kier alpha value is -0.980. The van der Waals surface area contributed by atoms with Crippen molar-refractivity contribution >= 4 is 17.7 Å². The van der Waals surface area contributed by atoms with E-state index in [2.05, 4.69) is 10.6 Å². The number of hydrogen-bond donors (Lipinski definition) is 2. The SMILES string of the molecule is O=C(NCCCOCc1ccco1)C1CSCN1. The van der Waals surface area contributed by atoms with Crippen LogP contribution in [0.2, 0.25) is 0 Å². The third-order valence-electron chi connectivity index (χ3n) is 2.62. The first-order valence-electron chi connectivity index (χ1n) is 6.05. The topological polar surface area (TPSA) is 63.5 Å². The molecule has 0 bridgehead atoms. The molecule has 1 atom stereocenters. The predicted octanol–water partition coefficient (Wildman–Crippen LogP) is 0.965. The van der Waals surface area contributed by atoms with E-state index in [0.29, 0.717) is 19.8 Å². The maximum absolute atomic E-state index is 11.6. The number of carbonyl (C=O) groups is 1. The standard InChI is InChI=1S/C12H18N2O3S/c15-12(11-8-18-9-14-11)13-4-2-5-16-7-10-3-1-6-17-10/h1,3,6,11,14H,2,4-5,7-9H2,(H,13,15). The maximum Gasteiger partial charge on any atom is 0.238 e. The summed E-state index contributed by atoms with van der Waals surface area (Å²) >= 11 is 1.75. The molecule has 0 aromatic carbocycles. The second-order valence-electron chi connectivity index (χ2n) is 4.05.